The van der Waals surface area contributed by atoms with E-state index < -0.39 is 0 Å². The Morgan fingerprint density at radius 1 is 1.35 bits per heavy atom. The molecule has 0 saturated heterocycles. The van der Waals surface area contributed by atoms with Crippen LogP contribution in [0.25, 0.3) is 0 Å². The van der Waals surface area contributed by atoms with Crippen molar-refractivity contribution in [2.75, 3.05) is 17.7 Å². The van der Waals surface area contributed by atoms with E-state index in [0.717, 1.165) is 45.8 Å². The van der Waals surface area contributed by atoms with E-state index >= 15 is 0 Å². The highest BCUT2D eigenvalue weighted by atomic mass is 79.9. The third-order valence-electron chi connectivity index (χ3n) is 3.59. The third kappa shape index (κ3) is 2.48. The smallest absolute Gasteiger partial charge is 0.127 e. The van der Waals surface area contributed by atoms with Crippen molar-refractivity contribution < 1.29 is 4.74 Å². The first kappa shape index (κ1) is 13.3. The average Bonchev–Trinajstić information content (AvgIpc) is 2.86. The Morgan fingerprint density at radius 2 is 2.20 bits per heavy atom. The molecule has 2 aromatic rings. The zero-order valence-corrected chi connectivity index (χ0v) is 13.0. The molecule has 0 amide bonds. The number of nitrogen functional groups attached to an aromatic ring is 1. The lowest BCUT2D eigenvalue weighted by Gasteiger charge is -2.14. The minimum atomic E-state index is 0.705. The van der Waals surface area contributed by atoms with E-state index in [1.54, 1.807) is 0 Å². The molecule has 0 aromatic heterocycles. The molecule has 104 valence electrons. The predicted octanol–water partition coefficient (Wildman–Crippen LogP) is 3.89. The molecule has 0 fully saturated rings. The monoisotopic (exact) mass is 332 g/mol. The summed E-state index contributed by atoms with van der Waals surface area (Å²) in [6.07, 6.45) is 0.980. The highest BCUT2D eigenvalue weighted by molar-refractivity contribution is 9.10. The second-order valence-electron chi connectivity index (χ2n) is 5.04. The van der Waals surface area contributed by atoms with Crippen molar-refractivity contribution in [1.82, 2.24) is 0 Å². The van der Waals surface area contributed by atoms with Gasteiger partial charge in [0.1, 0.15) is 5.75 Å². The lowest BCUT2D eigenvalue weighted by molar-refractivity contribution is 0.354. The number of halogens is 1. The molecule has 2 aromatic carbocycles. The number of rotatable bonds is 3. The van der Waals surface area contributed by atoms with Gasteiger partial charge < -0.3 is 15.8 Å². The lowest BCUT2D eigenvalue weighted by atomic mass is 10.1. The van der Waals surface area contributed by atoms with Gasteiger partial charge in [-0.3, -0.25) is 0 Å². The molecule has 0 unspecified atom stereocenters. The summed E-state index contributed by atoms with van der Waals surface area (Å²) in [5.41, 5.74) is 11.4. The number of nitrogens with one attached hydrogen (secondary N) is 1. The fourth-order valence-corrected chi connectivity index (χ4v) is 3.15. The van der Waals surface area contributed by atoms with E-state index in [2.05, 4.69) is 46.4 Å². The molecule has 1 aliphatic rings. The SMILES string of the molecule is Cc1cccc(N)c1NCc1cc(Br)cc2c1OCC2. The van der Waals surface area contributed by atoms with Crippen LogP contribution in [0.3, 0.4) is 0 Å². The van der Waals surface area contributed by atoms with Gasteiger partial charge in [-0.05, 0) is 36.2 Å². The van der Waals surface area contributed by atoms with Gasteiger partial charge >= 0.3 is 0 Å². The maximum Gasteiger partial charge on any atom is 0.127 e. The van der Waals surface area contributed by atoms with Crippen molar-refractivity contribution in [3.63, 3.8) is 0 Å². The molecule has 1 heterocycles. The molecule has 0 spiro atoms. The molecule has 0 radical (unpaired) electrons. The van der Waals surface area contributed by atoms with Gasteiger partial charge in [-0.25, -0.2) is 0 Å². The minimum Gasteiger partial charge on any atom is -0.493 e. The van der Waals surface area contributed by atoms with Gasteiger partial charge in [0.25, 0.3) is 0 Å². The molecule has 3 nitrogen and oxygen atoms in total. The third-order valence-corrected chi connectivity index (χ3v) is 4.04. The second kappa shape index (κ2) is 5.37. The molecular formula is C16H17BrN2O. The van der Waals surface area contributed by atoms with Crippen molar-refractivity contribution in [3.8, 4) is 5.75 Å². The van der Waals surface area contributed by atoms with Gasteiger partial charge in [0, 0.05) is 23.0 Å². The number of anilines is 2. The normalized spacial score (nSPS) is 12.9. The Morgan fingerprint density at radius 3 is 3.00 bits per heavy atom. The van der Waals surface area contributed by atoms with Crippen LogP contribution in [0, 0.1) is 6.92 Å². The summed E-state index contributed by atoms with van der Waals surface area (Å²) in [7, 11) is 0. The molecule has 1 aliphatic heterocycles. The number of fused-ring (bicyclic) bond motifs is 1. The molecular weight excluding hydrogens is 316 g/mol. The highest BCUT2D eigenvalue weighted by Crippen LogP contribution is 2.34. The number of para-hydroxylation sites is 1. The Labute approximate surface area is 127 Å². The van der Waals surface area contributed by atoms with Crippen LogP contribution in [0.4, 0.5) is 11.4 Å². The van der Waals surface area contributed by atoms with E-state index in [1.165, 1.54) is 5.56 Å². The van der Waals surface area contributed by atoms with E-state index in [-0.39, 0.29) is 0 Å². The van der Waals surface area contributed by atoms with Gasteiger partial charge in [0.05, 0.1) is 18.0 Å². The summed E-state index contributed by atoms with van der Waals surface area (Å²) in [5.74, 6) is 1.02. The van der Waals surface area contributed by atoms with E-state index in [1.807, 2.05) is 12.1 Å². The van der Waals surface area contributed by atoms with Gasteiger partial charge in [0.2, 0.25) is 0 Å². The van der Waals surface area contributed by atoms with Crippen molar-refractivity contribution in [3.05, 3.63) is 51.5 Å². The zero-order chi connectivity index (χ0) is 14.1. The summed E-state index contributed by atoms with van der Waals surface area (Å²) >= 11 is 3.56. The number of ether oxygens (including phenoxy) is 1. The standard InChI is InChI=1S/C16H17BrN2O/c1-10-3-2-4-14(18)15(10)19-9-12-8-13(17)7-11-5-6-20-16(11)12/h2-4,7-8,19H,5-6,9,18H2,1H3. The number of nitrogens with two attached hydrogens (primary N) is 1. The number of aryl methyl sites for hydroxylation is 1. The van der Waals surface area contributed by atoms with Crippen molar-refractivity contribution in [1.29, 1.82) is 0 Å². The Hall–Kier alpha value is -1.68. The van der Waals surface area contributed by atoms with E-state index in [4.69, 9.17) is 10.5 Å². The second-order valence-corrected chi connectivity index (χ2v) is 5.96. The number of hydrogen-bond acceptors (Lipinski definition) is 3. The first-order valence-corrected chi connectivity index (χ1v) is 7.47. The molecule has 3 N–H and O–H groups in total. The Kier molecular flexibility index (Phi) is 3.57. The average molecular weight is 333 g/mol. The highest BCUT2D eigenvalue weighted by Gasteiger charge is 2.17. The Bertz CT molecular complexity index is 635. The minimum absolute atomic E-state index is 0.705. The van der Waals surface area contributed by atoms with Crippen LogP contribution in [-0.4, -0.2) is 6.61 Å². The van der Waals surface area contributed by atoms with Crippen molar-refractivity contribution >= 4 is 27.3 Å². The molecule has 4 heteroatoms. The van der Waals surface area contributed by atoms with Crippen molar-refractivity contribution in [2.45, 2.75) is 19.9 Å². The van der Waals surface area contributed by atoms with Gasteiger partial charge in [-0.1, -0.05) is 28.1 Å². The number of benzene rings is 2. The molecule has 20 heavy (non-hydrogen) atoms. The summed E-state index contributed by atoms with van der Waals surface area (Å²) in [4.78, 5) is 0. The fraction of sp³-hybridized carbons (Fsp3) is 0.250. The molecule has 3 rings (SSSR count). The van der Waals surface area contributed by atoms with Crippen LogP contribution in [0.15, 0.2) is 34.8 Å². The fourth-order valence-electron chi connectivity index (χ4n) is 2.59. The van der Waals surface area contributed by atoms with Gasteiger partial charge in [-0.2, -0.15) is 0 Å². The van der Waals surface area contributed by atoms with Crippen LogP contribution in [0.2, 0.25) is 0 Å². The first-order chi connectivity index (χ1) is 9.65. The van der Waals surface area contributed by atoms with E-state index in [0.29, 0.717) is 6.54 Å². The largest absolute Gasteiger partial charge is 0.493 e. The quantitative estimate of drug-likeness (QED) is 0.838. The van der Waals surface area contributed by atoms with E-state index in [9.17, 15) is 0 Å². The summed E-state index contributed by atoms with van der Waals surface area (Å²) in [5, 5.41) is 3.43. The van der Waals surface area contributed by atoms with Crippen LogP contribution in [-0.2, 0) is 13.0 Å². The number of hydrogen-bond donors (Lipinski definition) is 2. The maximum atomic E-state index is 6.03. The maximum absolute atomic E-state index is 6.03. The molecule has 0 saturated carbocycles. The Balaban J connectivity index is 1.86. The summed E-state index contributed by atoms with van der Waals surface area (Å²) in [6.45, 7) is 3.53. The van der Waals surface area contributed by atoms with Crippen LogP contribution < -0.4 is 15.8 Å². The first-order valence-electron chi connectivity index (χ1n) is 6.68. The van der Waals surface area contributed by atoms with Gasteiger partial charge in [-0.15, -0.1) is 0 Å². The van der Waals surface area contributed by atoms with Gasteiger partial charge in [0.15, 0.2) is 0 Å². The topological polar surface area (TPSA) is 47.3 Å². The molecule has 0 aliphatic carbocycles. The van der Waals surface area contributed by atoms with Crippen molar-refractivity contribution in [2.24, 2.45) is 0 Å². The van der Waals surface area contributed by atoms with Crippen LogP contribution in [0.5, 0.6) is 5.75 Å². The lowest BCUT2D eigenvalue weighted by Crippen LogP contribution is -2.05. The van der Waals surface area contributed by atoms with Crippen LogP contribution in [0.1, 0.15) is 16.7 Å². The molecule has 0 atom stereocenters. The predicted molar refractivity (Wildman–Crippen MR) is 86.3 cm³/mol. The molecule has 0 bridgehead atoms. The summed E-state index contributed by atoms with van der Waals surface area (Å²) < 4.78 is 6.84. The van der Waals surface area contributed by atoms with Crippen LogP contribution >= 0.6 is 15.9 Å². The zero-order valence-electron chi connectivity index (χ0n) is 11.4. The summed E-state index contributed by atoms with van der Waals surface area (Å²) in [6, 6.07) is 10.2.